The van der Waals surface area contributed by atoms with Gasteiger partial charge in [0.25, 0.3) is 0 Å². The summed E-state index contributed by atoms with van der Waals surface area (Å²) in [7, 11) is 0. The molecule has 106 valence electrons. The van der Waals surface area contributed by atoms with Crippen molar-refractivity contribution in [2.75, 3.05) is 19.6 Å². The van der Waals surface area contributed by atoms with E-state index in [1.807, 2.05) is 0 Å². The second-order valence-corrected chi connectivity index (χ2v) is 6.78. The molecular weight excluding hydrogens is 220 g/mol. The number of nitrogens with zero attached hydrogens (tertiary/aromatic N) is 1. The molecule has 0 aromatic carbocycles. The SMILES string of the molecule is CCC1CCC(C)N(CC2CCC(CN)CC2)C1. The topological polar surface area (TPSA) is 29.3 Å². The Balaban J connectivity index is 1.77. The molecule has 0 aromatic rings. The second-order valence-electron chi connectivity index (χ2n) is 6.78. The van der Waals surface area contributed by atoms with Gasteiger partial charge in [-0.15, -0.1) is 0 Å². The lowest BCUT2D eigenvalue weighted by atomic mass is 9.81. The summed E-state index contributed by atoms with van der Waals surface area (Å²) >= 11 is 0. The second kappa shape index (κ2) is 6.91. The molecule has 2 atom stereocenters. The van der Waals surface area contributed by atoms with Crippen molar-refractivity contribution in [2.24, 2.45) is 23.5 Å². The molecule has 1 heterocycles. The summed E-state index contributed by atoms with van der Waals surface area (Å²) in [5, 5.41) is 0. The zero-order chi connectivity index (χ0) is 13.0. The fourth-order valence-electron chi connectivity index (χ4n) is 3.83. The van der Waals surface area contributed by atoms with E-state index < -0.39 is 0 Å². The number of hydrogen-bond acceptors (Lipinski definition) is 2. The molecule has 1 aliphatic heterocycles. The van der Waals surface area contributed by atoms with Gasteiger partial charge >= 0.3 is 0 Å². The van der Waals surface area contributed by atoms with Crippen LogP contribution in [0, 0.1) is 17.8 Å². The van der Waals surface area contributed by atoms with Gasteiger partial charge in [0.05, 0.1) is 0 Å². The molecule has 2 rings (SSSR count). The smallest absolute Gasteiger partial charge is 0.00672 e. The molecular formula is C16H32N2. The number of hydrogen-bond donors (Lipinski definition) is 1. The van der Waals surface area contributed by atoms with Crippen molar-refractivity contribution in [3.8, 4) is 0 Å². The van der Waals surface area contributed by atoms with E-state index >= 15 is 0 Å². The molecule has 0 amide bonds. The molecule has 1 saturated heterocycles. The molecule has 1 aliphatic carbocycles. The maximum Gasteiger partial charge on any atom is 0.00672 e. The Hall–Kier alpha value is -0.0800. The van der Waals surface area contributed by atoms with Gasteiger partial charge in [0, 0.05) is 19.1 Å². The van der Waals surface area contributed by atoms with Gasteiger partial charge in [0.15, 0.2) is 0 Å². The fraction of sp³-hybridized carbons (Fsp3) is 1.00. The Labute approximate surface area is 113 Å². The summed E-state index contributed by atoms with van der Waals surface area (Å²) in [6, 6.07) is 0.819. The predicted octanol–water partition coefficient (Wildman–Crippen LogP) is 3.26. The zero-order valence-corrected chi connectivity index (χ0v) is 12.4. The molecule has 0 bridgehead atoms. The van der Waals surface area contributed by atoms with E-state index in [2.05, 4.69) is 18.7 Å². The van der Waals surface area contributed by atoms with E-state index in [0.29, 0.717) is 0 Å². The van der Waals surface area contributed by atoms with Gasteiger partial charge in [0.2, 0.25) is 0 Å². The van der Waals surface area contributed by atoms with E-state index in [1.54, 1.807) is 0 Å². The van der Waals surface area contributed by atoms with Crippen LogP contribution in [-0.4, -0.2) is 30.6 Å². The third-order valence-electron chi connectivity index (χ3n) is 5.48. The van der Waals surface area contributed by atoms with Crippen LogP contribution in [0.25, 0.3) is 0 Å². The van der Waals surface area contributed by atoms with Gasteiger partial charge in [0.1, 0.15) is 0 Å². The van der Waals surface area contributed by atoms with Crippen molar-refractivity contribution in [1.29, 1.82) is 0 Å². The van der Waals surface area contributed by atoms with Crippen molar-refractivity contribution < 1.29 is 0 Å². The Morgan fingerprint density at radius 3 is 2.17 bits per heavy atom. The van der Waals surface area contributed by atoms with Crippen LogP contribution in [0.2, 0.25) is 0 Å². The lowest BCUT2D eigenvalue weighted by Gasteiger charge is -2.41. The highest BCUT2D eigenvalue weighted by atomic mass is 15.2. The molecule has 0 radical (unpaired) electrons. The highest BCUT2D eigenvalue weighted by Gasteiger charge is 2.28. The van der Waals surface area contributed by atoms with E-state index in [0.717, 1.165) is 30.3 Å². The van der Waals surface area contributed by atoms with E-state index in [9.17, 15) is 0 Å². The predicted molar refractivity (Wildman–Crippen MR) is 78.6 cm³/mol. The normalized spacial score (nSPS) is 38.8. The first-order valence-electron chi connectivity index (χ1n) is 8.17. The van der Waals surface area contributed by atoms with Crippen LogP contribution < -0.4 is 5.73 Å². The third-order valence-corrected chi connectivity index (χ3v) is 5.48. The van der Waals surface area contributed by atoms with Gasteiger partial charge in [-0.2, -0.15) is 0 Å². The van der Waals surface area contributed by atoms with Crippen LogP contribution in [0.15, 0.2) is 0 Å². The molecule has 2 aliphatic rings. The first kappa shape index (κ1) is 14.3. The number of likely N-dealkylation sites (tertiary alicyclic amines) is 1. The number of nitrogens with two attached hydrogens (primary N) is 1. The molecule has 2 unspecified atom stereocenters. The monoisotopic (exact) mass is 252 g/mol. The van der Waals surface area contributed by atoms with Crippen molar-refractivity contribution in [2.45, 2.75) is 64.8 Å². The summed E-state index contributed by atoms with van der Waals surface area (Å²) in [5.41, 5.74) is 5.78. The van der Waals surface area contributed by atoms with Gasteiger partial charge < -0.3 is 10.6 Å². The minimum Gasteiger partial charge on any atom is -0.330 e. The van der Waals surface area contributed by atoms with E-state index in [-0.39, 0.29) is 0 Å². The van der Waals surface area contributed by atoms with Crippen molar-refractivity contribution in [3.05, 3.63) is 0 Å². The van der Waals surface area contributed by atoms with Crippen LogP contribution in [0.4, 0.5) is 0 Å². The maximum atomic E-state index is 5.78. The third kappa shape index (κ3) is 3.71. The fourth-order valence-corrected chi connectivity index (χ4v) is 3.83. The Morgan fingerprint density at radius 2 is 1.56 bits per heavy atom. The summed E-state index contributed by atoms with van der Waals surface area (Å²) in [6.07, 6.45) is 9.82. The Kier molecular flexibility index (Phi) is 5.50. The molecule has 2 nitrogen and oxygen atoms in total. The van der Waals surface area contributed by atoms with E-state index in [4.69, 9.17) is 5.73 Å². The minimum atomic E-state index is 0.819. The van der Waals surface area contributed by atoms with Gasteiger partial charge in [-0.3, -0.25) is 0 Å². The van der Waals surface area contributed by atoms with Crippen LogP contribution in [0.3, 0.4) is 0 Å². The first-order valence-corrected chi connectivity index (χ1v) is 8.17. The van der Waals surface area contributed by atoms with Crippen molar-refractivity contribution in [3.63, 3.8) is 0 Å². The first-order chi connectivity index (χ1) is 8.72. The van der Waals surface area contributed by atoms with Gasteiger partial charge in [-0.1, -0.05) is 13.3 Å². The highest BCUT2D eigenvalue weighted by Crippen LogP contribution is 2.31. The standard InChI is InChI=1S/C16H32N2/c1-3-14-5-4-13(2)18(11-14)12-16-8-6-15(10-17)7-9-16/h13-16H,3-12,17H2,1-2H3. The zero-order valence-electron chi connectivity index (χ0n) is 12.4. The molecule has 18 heavy (non-hydrogen) atoms. The molecule has 2 fully saturated rings. The van der Waals surface area contributed by atoms with Crippen molar-refractivity contribution in [1.82, 2.24) is 4.90 Å². The van der Waals surface area contributed by atoms with E-state index in [1.165, 1.54) is 58.0 Å². The lowest BCUT2D eigenvalue weighted by Crippen LogP contribution is -2.44. The summed E-state index contributed by atoms with van der Waals surface area (Å²) in [5.74, 6) is 2.73. The van der Waals surface area contributed by atoms with Gasteiger partial charge in [-0.05, 0) is 69.7 Å². The molecule has 1 saturated carbocycles. The summed E-state index contributed by atoms with van der Waals surface area (Å²) in [6.45, 7) is 8.40. The average molecular weight is 252 g/mol. The van der Waals surface area contributed by atoms with Crippen LogP contribution in [0.1, 0.15) is 58.8 Å². The van der Waals surface area contributed by atoms with Gasteiger partial charge in [-0.25, -0.2) is 0 Å². The van der Waals surface area contributed by atoms with Crippen LogP contribution in [-0.2, 0) is 0 Å². The molecule has 0 aromatic heterocycles. The van der Waals surface area contributed by atoms with Crippen molar-refractivity contribution >= 4 is 0 Å². The lowest BCUT2D eigenvalue weighted by molar-refractivity contribution is 0.0839. The molecule has 0 spiro atoms. The average Bonchev–Trinajstić information content (AvgIpc) is 2.42. The Bertz CT molecular complexity index is 233. The van der Waals surface area contributed by atoms with Crippen LogP contribution >= 0.6 is 0 Å². The quantitative estimate of drug-likeness (QED) is 0.832. The Morgan fingerprint density at radius 1 is 0.944 bits per heavy atom. The summed E-state index contributed by atoms with van der Waals surface area (Å²) in [4.78, 5) is 2.78. The number of piperidine rings is 1. The molecule has 2 N–H and O–H groups in total. The minimum absolute atomic E-state index is 0.819. The summed E-state index contributed by atoms with van der Waals surface area (Å²) < 4.78 is 0. The largest absolute Gasteiger partial charge is 0.330 e. The maximum absolute atomic E-state index is 5.78. The van der Waals surface area contributed by atoms with Crippen LogP contribution in [0.5, 0.6) is 0 Å². The molecule has 2 heteroatoms. The number of rotatable bonds is 4. The highest BCUT2D eigenvalue weighted by molar-refractivity contribution is 4.82.